The molecule has 0 aliphatic heterocycles. The second-order valence-corrected chi connectivity index (χ2v) is 4.93. The van der Waals surface area contributed by atoms with Crippen LogP contribution in [0.15, 0.2) is 48.5 Å². The van der Waals surface area contributed by atoms with Crippen LogP contribution < -0.4 is 5.73 Å². The van der Waals surface area contributed by atoms with Crippen LogP contribution >= 0.6 is 11.6 Å². The largest absolute Gasteiger partial charge is 0.326 e. The maximum absolute atomic E-state index is 12.1. The lowest BCUT2D eigenvalue weighted by Crippen LogP contribution is -2.10. The predicted octanol–water partition coefficient (Wildman–Crippen LogP) is 3.15. The fraction of sp³-hybridized carbons (Fsp3) is 0.188. The van der Waals surface area contributed by atoms with Gasteiger partial charge in [0.1, 0.15) is 5.78 Å². The van der Waals surface area contributed by atoms with Gasteiger partial charge in [0.05, 0.1) is 0 Å². The van der Waals surface area contributed by atoms with Gasteiger partial charge in [-0.3, -0.25) is 4.79 Å². The Balaban J connectivity index is 2.03. The smallest absolute Gasteiger partial charge is 0.141 e. The first-order valence-electron chi connectivity index (χ1n) is 6.22. The molecule has 0 heterocycles. The number of rotatable bonds is 5. The van der Waals surface area contributed by atoms with Crippen LogP contribution in [0.2, 0.25) is 5.02 Å². The molecule has 3 heteroatoms. The summed E-state index contributed by atoms with van der Waals surface area (Å²) in [6.07, 6.45) is 0.853. The molecule has 0 aliphatic carbocycles. The molecule has 2 N–H and O–H groups in total. The molecule has 0 saturated heterocycles. The number of ketones is 1. The summed E-state index contributed by atoms with van der Waals surface area (Å²) in [5.74, 6) is 0.184. The number of benzene rings is 2. The third kappa shape index (κ3) is 3.91. The summed E-state index contributed by atoms with van der Waals surface area (Å²) in [6.45, 7) is 0.463. The number of halogens is 1. The van der Waals surface area contributed by atoms with E-state index in [0.29, 0.717) is 24.4 Å². The van der Waals surface area contributed by atoms with E-state index in [4.69, 9.17) is 17.3 Å². The van der Waals surface area contributed by atoms with E-state index in [2.05, 4.69) is 0 Å². The van der Waals surface area contributed by atoms with Crippen molar-refractivity contribution in [1.82, 2.24) is 0 Å². The molecule has 0 spiro atoms. The number of carbonyl (C=O) groups is 1. The molecule has 0 saturated carbocycles. The van der Waals surface area contributed by atoms with Gasteiger partial charge in [0.15, 0.2) is 0 Å². The van der Waals surface area contributed by atoms with Crippen molar-refractivity contribution in [3.63, 3.8) is 0 Å². The van der Waals surface area contributed by atoms with Gasteiger partial charge < -0.3 is 5.73 Å². The molecule has 2 rings (SSSR count). The first-order chi connectivity index (χ1) is 9.19. The topological polar surface area (TPSA) is 43.1 Å². The first kappa shape index (κ1) is 13.8. The number of hydrogen-bond donors (Lipinski definition) is 1. The zero-order chi connectivity index (χ0) is 13.7. The van der Waals surface area contributed by atoms with Crippen LogP contribution in [0.1, 0.15) is 16.7 Å². The summed E-state index contributed by atoms with van der Waals surface area (Å²) < 4.78 is 0. The van der Waals surface area contributed by atoms with Crippen LogP contribution in [0.25, 0.3) is 0 Å². The fourth-order valence-corrected chi connectivity index (χ4v) is 2.16. The molecule has 2 aromatic carbocycles. The van der Waals surface area contributed by atoms with Gasteiger partial charge >= 0.3 is 0 Å². The molecule has 0 atom stereocenters. The lowest BCUT2D eigenvalue weighted by atomic mass is 9.99. The molecule has 0 aromatic heterocycles. The van der Waals surface area contributed by atoms with Crippen LogP contribution in [0.3, 0.4) is 0 Å². The molecule has 0 unspecified atom stereocenters. The monoisotopic (exact) mass is 273 g/mol. The van der Waals surface area contributed by atoms with Gasteiger partial charge in [-0.15, -0.1) is 0 Å². The third-order valence-electron chi connectivity index (χ3n) is 3.04. The van der Waals surface area contributed by atoms with Crippen molar-refractivity contribution < 1.29 is 4.79 Å². The lowest BCUT2D eigenvalue weighted by molar-refractivity contribution is -0.117. The SMILES string of the molecule is NCc1ccccc1CC(=O)Cc1ccc(Cl)cc1. The highest BCUT2D eigenvalue weighted by molar-refractivity contribution is 6.30. The van der Waals surface area contributed by atoms with E-state index in [1.54, 1.807) is 12.1 Å². The predicted molar refractivity (Wildman–Crippen MR) is 78.2 cm³/mol. The second kappa shape index (κ2) is 6.50. The van der Waals surface area contributed by atoms with Crippen molar-refractivity contribution in [3.8, 4) is 0 Å². The highest BCUT2D eigenvalue weighted by Crippen LogP contribution is 2.13. The number of hydrogen-bond acceptors (Lipinski definition) is 2. The van der Waals surface area contributed by atoms with Gasteiger partial charge in [0.2, 0.25) is 0 Å². The third-order valence-corrected chi connectivity index (χ3v) is 3.29. The minimum Gasteiger partial charge on any atom is -0.326 e. The minimum absolute atomic E-state index is 0.184. The van der Waals surface area contributed by atoms with Crippen molar-refractivity contribution in [2.24, 2.45) is 5.73 Å². The van der Waals surface area contributed by atoms with Crippen molar-refractivity contribution >= 4 is 17.4 Å². The van der Waals surface area contributed by atoms with Gasteiger partial charge in [-0.05, 0) is 28.8 Å². The minimum atomic E-state index is 0.184. The Bertz CT molecular complexity index is 563. The van der Waals surface area contributed by atoms with Crippen LogP contribution in [-0.4, -0.2) is 5.78 Å². The van der Waals surface area contributed by atoms with Gasteiger partial charge in [0, 0.05) is 24.4 Å². The Labute approximate surface area is 118 Å². The van der Waals surface area contributed by atoms with E-state index in [0.717, 1.165) is 16.7 Å². The standard InChI is InChI=1S/C16H16ClNO/c17-15-7-5-12(6-8-15)9-16(19)10-13-3-1-2-4-14(13)11-18/h1-8H,9-11,18H2. The van der Waals surface area contributed by atoms with E-state index in [1.165, 1.54) is 0 Å². The molecule has 0 fully saturated rings. The summed E-state index contributed by atoms with van der Waals surface area (Å²) in [4.78, 5) is 12.1. The summed E-state index contributed by atoms with van der Waals surface area (Å²) in [5.41, 5.74) is 8.71. The fourth-order valence-electron chi connectivity index (χ4n) is 2.03. The van der Waals surface area contributed by atoms with Crippen LogP contribution in [0, 0.1) is 0 Å². The van der Waals surface area contributed by atoms with Crippen LogP contribution in [-0.2, 0) is 24.2 Å². The maximum Gasteiger partial charge on any atom is 0.141 e. The molecule has 2 nitrogen and oxygen atoms in total. The molecule has 0 radical (unpaired) electrons. The average molecular weight is 274 g/mol. The van der Waals surface area contributed by atoms with Gasteiger partial charge in [0.25, 0.3) is 0 Å². The number of Topliss-reactive ketones (excluding diaryl/α,β-unsaturated/α-hetero) is 1. The number of nitrogens with two attached hydrogens (primary N) is 1. The van der Waals surface area contributed by atoms with Gasteiger partial charge in [-0.25, -0.2) is 0 Å². The summed E-state index contributed by atoms with van der Waals surface area (Å²) in [7, 11) is 0. The Kier molecular flexibility index (Phi) is 4.72. The maximum atomic E-state index is 12.1. The average Bonchev–Trinajstić information content (AvgIpc) is 2.42. The van der Waals surface area contributed by atoms with Crippen molar-refractivity contribution in [2.75, 3.05) is 0 Å². The molecule has 0 aliphatic rings. The number of carbonyl (C=O) groups excluding carboxylic acids is 1. The molecule has 19 heavy (non-hydrogen) atoms. The van der Waals surface area contributed by atoms with E-state index in [1.807, 2.05) is 36.4 Å². The first-order valence-corrected chi connectivity index (χ1v) is 6.60. The zero-order valence-electron chi connectivity index (χ0n) is 10.6. The molecule has 0 bridgehead atoms. The Morgan fingerprint density at radius 3 is 2.21 bits per heavy atom. The quantitative estimate of drug-likeness (QED) is 0.909. The Hall–Kier alpha value is -1.64. The van der Waals surface area contributed by atoms with Crippen molar-refractivity contribution in [1.29, 1.82) is 0 Å². The van der Waals surface area contributed by atoms with E-state index >= 15 is 0 Å². The molecule has 0 amide bonds. The lowest BCUT2D eigenvalue weighted by Gasteiger charge is -2.07. The van der Waals surface area contributed by atoms with Crippen LogP contribution in [0.5, 0.6) is 0 Å². The highest BCUT2D eigenvalue weighted by Gasteiger charge is 2.08. The zero-order valence-corrected chi connectivity index (χ0v) is 11.4. The summed E-state index contributed by atoms with van der Waals surface area (Å²) in [6, 6.07) is 15.2. The Morgan fingerprint density at radius 2 is 1.58 bits per heavy atom. The second-order valence-electron chi connectivity index (χ2n) is 4.49. The normalized spacial score (nSPS) is 10.4. The van der Waals surface area contributed by atoms with Crippen LogP contribution in [0.4, 0.5) is 0 Å². The van der Waals surface area contributed by atoms with E-state index in [-0.39, 0.29) is 5.78 Å². The molecular formula is C16H16ClNO. The molecule has 2 aromatic rings. The summed E-state index contributed by atoms with van der Waals surface area (Å²) >= 11 is 5.82. The van der Waals surface area contributed by atoms with Crippen molar-refractivity contribution in [3.05, 3.63) is 70.2 Å². The Morgan fingerprint density at radius 1 is 0.947 bits per heavy atom. The summed E-state index contributed by atoms with van der Waals surface area (Å²) in [5, 5.41) is 0.685. The molecular weight excluding hydrogens is 258 g/mol. The van der Waals surface area contributed by atoms with Gasteiger partial charge in [-0.1, -0.05) is 48.0 Å². The highest BCUT2D eigenvalue weighted by atomic mass is 35.5. The van der Waals surface area contributed by atoms with Crippen molar-refractivity contribution in [2.45, 2.75) is 19.4 Å². The van der Waals surface area contributed by atoms with E-state index < -0.39 is 0 Å². The van der Waals surface area contributed by atoms with Gasteiger partial charge in [-0.2, -0.15) is 0 Å². The molecule has 98 valence electrons. The van der Waals surface area contributed by atoms with E-state index in [9.17, 15) is 4.79 Å².